The number of hydrogen-bond donors (Lipinski definition) is 1. The highest BCUT2D eigenvalue weighted by atomic mass is 16.2. The summed E-state index contributed by atoms with van der Waals surface area (Å²) >= 11 is 0. The fourth-order valence-electron chi connectivity index (χ4n) is 2.46. The zero-order valence-corrected chi connectivity index (χ0v) is 10.1. The van der Waals surface area contributed by atoms with Crippen LogP contribution in [0.15, 0.2) is 30.6 Å². The lowest BCUT2D eigenvalue weighted by Gasteiger charge is -2.30. The topological polar surface area (TPSA) is 63.6 Å². The molecule has 3 heterocycles. The fraction of sp³-hybridized carbons (Fsp3) is 0.385. The first-order chi connectivity index (χ1) is 8.75. The molecule has 0 radical (unpaired) electrons. The fourth-order valence-corrected chi connectivity index (χ4v) is 2.46. The van der Waals surface area contributed by atoms with Gasteiger partial charge >= 0.3 is 0 Å². The number of pyridine rings is 1. The maximum absolute atomic E-state index is 12.4. The predicted octanol–water partition coefficient (Wildman–Crippen LogP) is 0.898. The smallest absolute Gasteiger partial charge is 0.257 e. The van der Waals surface area contributed by atoms with Gasteiger partial charge in [0, 0.05) is 25.3 Å². The van der Waals surface area contributed by atoms with Gasteiger partial charge in [0.2, 0.25) is 0 Å². The van der Waals surface area contributed by atoms with Crippen LogP contribution in [0.25, 0.3) is 5.52 Å². The lowest BCUT2D eigenvalue weighted by Crippen LogP contribution is -2.45. The molecule has 5 nitrogen and oxygen atoms in total. The quantitative estimate of drug-likeness (QED) is 0.810. The minimum absolute atomic E-state index is 0.0337. The molecule has 2 aromatic rings. The summed E-state index contributed by atoms with van der Waals surface area (Å²) in [6, 6.07) is 5.81. The van der Waals surface area contributed by atoms with Crippen molar-refractivity contribution in [3.05, 3.63) is 36.2 Å². The van der Waals surface area contributed by atoms with Crippen molar-refractivity contribution < 1.29 is 4.79 Å². The van der Waals surface area contributed by atoms with Crippen LogP contribution >= 0.6 is 0 Å². The van der Waals surface area contributed by atoms with Crippen LogP contribution in [0.5, 0.6) is 0 Å². The van der Waals surface area contributed by atoms with Crippen LogP contribution < -0.4 is 5.73 Å². The molecular formula is C13H16N4O. The standard InChI is InChI=1S/C13H16N4O/c14-10-4-3-6-16(9-10)13(18)11-8-15-17-7-2-1-5-12(11)17/h1-2,5,7-8,10H,3-4,6,9,14H2/t10-/m1/s1. The molecule has 0 unspecified atom stereocenters. The summed E-state index contributed by atoms with van der Waals surface area (Å²) < 4.78 is 1.72. The van der Waals surface area contributed by atoms with Gasteiger partial charge in [-0.3, -0.25) is 4.79 Å². The van der Waals surface area contributed by atoms with Gasteiger partial charge in [0.1, 0.15) is 0 Å². The first kappa shape index (κ1) is 11.2. The summed E-state index contributed by atoms with van der Waals surface area (Å²) in [5.74, 6) is 0.0337. The number of nitrogens with two attached hydrogens (primary N) is 1. The van der Waals surface area contributed by atoms with Crippen molar-refractivity contribution in [2.75, 3.05) is 13.1 Å². The van der Waals surface area contributed by atoms with E-state index >= 15 is 0 Å². The Morgan fingerprint density at radius 3 is 3.17 bits per heavy atom. The highest BCUT2D eigenvalue weighted by Crippen LogP contribution is 2.16. The second-order valence-corrected chi connectivity index (χ2v) is 4.74. The third-order valence-electron chi connectivity index (χ3n) is 3.40. The van der Waals surface area contributed by atoms with Gasteiger partial charge in [0.05, 0.1) is 17.3 Å². The number of hydrogen-bond acceptors (Lipinski definition) is 3. The molecule has 0 bridgehead atoms. The Kier molecular flexibility index (Phi) is 2.76. The highest BCUT2D eigenvalue weighted by Gasteiger charge is 2.24. The monoisotopic (exact) mass is 244 g/mol. The van der Waals surface area contributed by atoms with E-state index in [1.165, 1.54) is 0 Å². The van der Waals surface area contributed by atoms with E-state index in [4.69, 9.17) is 5.73 Å². The molecule has 0 aromatic carbocycles. The Morgan fingerprint density at radius 1 is 1.44 bits per heavy atom. The molecular weight excluding hydrogens is 228 g/mol. The van der Waals surface area contributed by atoms with Crippen LogP contribution in [0.4, 0.5) is 0 Å². The van der Waals surface area contributed by atoms with Gasteiger partial charge < -0.3 is 10.6 Å². The van der Waals surface area contributed by atoms with E-state index in [1.807, 2.05) is 29.3 Å². The number of carbonyl (C=O) groups is 1. The normalized spacial score (nSPS) is 20.3. The Morgan fingerprint density at radius 2 is 2.33 bits per heavy atom. The second-order valence-electron chi connectivity index (χ2n) is 4.74. The number of piperidine rings is 1. The number of amides is 1. The molecule has 0 spiro atoms. The molecule has 1 aliphatic heterocycles. The van der Waals surface area contributed by atoms with Crippen LogP contribution in [0, 0.1) is 0 Å². The van der Waals surface area contributed by atoms with Gasteiger partial charge in [0.15, 0.2) is 0 Å². The molecule has 18 heavy (non-hydrogen) atoms. The van der Waals surface area contributed by atoms with Crippen molar-refractivity contribution >= 4 is 11.4 Å². The van der Waals surface area contributed by atoms with E-state index < -0.39 is 0 Å². The minimum atomic E-state index is 0.0337. The van der Waals surface area contributed by atoms with Gasteiger partial charge in [-0.05, 0) is 25.0 Å². The van der Waals surface area contributed by atoms with Crippen LogP contribution in [0.1, 0.15) is 23.2 Å². The van der Waals surface area contributed by atoms with Crippen molar-refractivity contribution in [3.8, 4) is 0 Å². The van der Waals surface area contributed by atoms with E-state index in [0.29, 0.717) is 12.1 Å². The van der Waals surface area contributed by atoms with Crippen molar-refractivity contribution in [2.24, 2.45) is 5.73 Å². The van der Waals surface area contributed by atoms with Crippen LogP contribution in [0.2, 0.25) is 0 Å². The van der Waals surface area contributed by atoms with Gasteiger partial charge in [0.25, 0.3) is 5.91 Å². The maximum atomic E-state index is 12.4. The van der Waals surface area contributed by atoms with E-state index in [-0.39, 0.29) is 11.9 Å². The lowest BCUT2D eigenvalue weighted by atomic mass is 10.1. The molecule has 3 rings (SSSR count). The molecule has 1 aliphatic rings. The zero-order valence-electron chi connectivity index (χ0n) is 10.1. The van der Waals surface area contributed by atoms with Crippen molar-refractivity contribution in [1.82, 2.24) is 14.5 Å². The SMILES string of the molecule is N[C@@H]1CCCN(C(=O)c2cnn3ccccc23)C1. The van der Waals surface area contributed by atoms with Gasteiger partial charge in [-0.2, -0.15) is 5.10 Å². The molecule has 1 fully saturated rings. The Balaban J connectivity index is 1.92. The molecule has 1 saturated heterocycles. The largest absolute Gasteiger partial charge is 0.337 e. The molecule has 94 valence electrons. The first-order valence-electron chi connectivity index (χ1n) is 6.23. The number of carbonyl (C=O) groups excluding carboxylic acids is 1. The number of nitrogens with zero attached hydrogens (tertiary/aromatic N) is 3. The molecule has 1 atom stereocenters. The molecule has 0 saturated carbocycles. The average molecular weight is 244 g/mol. The second kappa shape index (κ2) is 4.42. The zero-order chi connectivity index (χ0) is 12.5. The van der Waals surface area contributed by atoms with Crippen molar-refractivity contribution in [1.29, 1.82) is 0 Å². The molecule has 2 N–H and O–H groups in total. The summed E-state index contributed by atoms with van der Waals surface area (Å²) in [5.41, 5.74) is 7.42. The Hall–Kier alpha value is -1.88. The summed E-state index contributed by atoms with van der Waals surface area (Å²) in [5, 5.41) is 4.19. The molecule has 2 aromatic heterocycles. The third-order valence-corrected chi connectivity index (χ3v) is 3.40. The van der Waals surface area contributed by atoms with E-state index in [1.54, 1.807) is 10.7 Å². The van der Waals surface area contributed by atoms with Crippen LogP contribution in [-0.4, -0.2) is 39.6 Å². The molecule has 0 aliphatic carbocycles. The van der Waals surface area contributed by atoms with Crippen molar-refractivity contribution in [2.45, 2.75) is 18.9 Å². The number of aromatic nitrogens is 2. The highest BCUT2D eigenvalue weighted by molar-refractivity contribution is 6.00. The third kappa shape index (κ3) is 1.86. The lowest BCUT2D eigenvalue weighted by molar-refractivity contribution is 0.0711. The number of likely N-dealkylation sites (tertiary alicyclic amines) is 1. The summed E-state index contributed by atoms with van der Waals surface area (Å²) in [4.78, 5) is 14.3. The van der Waals surface area contributed by atoms with Gasteiger partial charge in [-0.15, -0.1) is 0 Å². The maximum Gasteiger partial charge on any atom is 0.257 e. The minimum Gasteiger partial charge on any atom is -0.337 e. The molecule has 5 heteroatoms. The molecule has 1 amide bonds. The Bertz CT molecular complexity index is 577. The van der Waals surface area contributed by atoms with Crippen molar-refractivity contribution in [3.63, 3.8) is 0 Å². The average Bonchev–Trinajstić information content (AvgIpc) is 2.82. The number of fused-ring (bicyclic) bond motifs is 1. The summed E-state index contributed by atoms with van der Waals surface area (Å²) in [6.07, 6.45) is 5.45. The summed E-state index contributed by atoms with van der Waals surface area (Å²) in [6.45, 7) is 1.43. The predicted molar refractivity (Wildman–Crippen MR) is 68.3 cm³/mol. The first-order valence-corrected chi connectivity index (χ1v) is 6.23. The number of rotatable bonds is 1. The van der Waals surface area contributed by atoms with Gasteiger partial charge in [-0.1, -0.05) is 6.07 Å². The van der Waals surface area contributed by atoms with E-state index in [9.17, 15) is 4.79 Å². The van der Waals surface area contributed by atoms with Gasteiger partial charge in [-0.25, -0.2) is 4.52 Å². The van der Waals surface area contributed by atoms with Crippen LogP contribution in [-0.2, 0) is 0 Å². The van der Waals surface area contributed by atoms with Crippen LogP contribution in [0.3, 0.4) is 0 Å². The summed E-state index contributed by atoms with van der Waals surface area (Å²) in [7, 11) is 0. The Labute approximate surface area is 105 Å². The van der Waals surface area contributed by atoms with E-state index in [0.717, 1.165) is 24.9 Å². The van der Waals surface area contributed by atoms with E-state index in [2.05, 4.69) is 5.10 Å².